The molecule has 7 rings (SSSR count). The molecule has 0 radical (unpaired) electrons. The molecule has 0 amide bonds. The molecule has 1 saturated heterocycles. The first-order chi connectivity index (χ1) is 16.0. The fourth-order valence-corrected chi connectivity index (χ4v) is 10.8. The van der Waals surface area contributed by atoms with Gasteiger partial charge in [0.15, 0.2) is 5.92 Å². The molecule has 0 aromatic heterocycles. The lowest BCUT2D eigenvalue weighted by atomic mass is 9.40. The van der Waals surface area contributed by atoms with Crippen molar-refractivity contribution in [3.05, 3.63) is 11.6 Å². The van der Waals surface area contributed by atoms with Crippen LogP contribution in [0, 0.1) is 51.8 Å². The van der Waals surface area contributed by atoms with Gasteiger partial charge in [-0.2, -0.15) is 0 Å². The second-order valence-electron chi connectivity index (χ2n) is 13.5. The third kappa shape index (κ3) is 2.15. The van der Waals surface area contributed by atoms with Crippen LogP contribution in [0.2, 0.25) is 0 Å². The summed E-state index contributed by atoms with van der Waals surface area (Å²) in [5, 5.41) is 22.6. The predicted octanol–water partition coefficient (Wildman–Crippen LogP) is 3.39. The first-order valence-electron chi connectivity index (χ1n) is 13.5. The lowest BCUT2D eigenvalue weighted by Gasteiger charge is -2.66. The number of carbonyl (C=O) groups is 2. The summed E-state index contributed by atoms with van der Waals surface area (Å²) < 4.78 is 11.5. The first-order valence-corrected chi connectivity index (χ1v) is 13.5. The van der Waals surface area contributed by atoms with Gasteiger partial charge in [-0.15, -0.1) is 0 Å². The fourth-order valence-electron chi connectivity index (χ4n) is 10.8. The van der Waals surface area contributed by atoms with Gasteiger partial charge in [0, 0.05) is 24.2 Å². The minimum atomic E-state index is -0.826. The van der Waals surface area contributed by atoms with Crippen molar-refractivity contribution in [3.63, 3.8) is 0 Å². The van der Waals surface area contributed by atoms with Gasteiger partial charge in [0.25, 0.3) is 0 Å². The molecule has 5 unspecified atom stereocenters. The fraction of sp³-hybridized carbons (Fsp3) is 0.857. The molecule has 1 heterocycles. The zero-order chi connectivity index (χ0) is 24.1. The first kappa shape index (κ1) is 21.8. The zero-order valence-corrected chi connectivity index (χ0v) is 20.8. The molecule has 6 aliphatic carbocycles. The molecule has 186 valence electrons. The molecule has 7 aliphatic rings. The highest BCUT2D eigenvalue weighted by Gasteiger charge is 2.84. The molecule has 6 nitrogen and oxygen atoms in total. The molecular formula is C28H38O6. The lowest BCUT2D eigenvalue weighted by molar-refractivity contribution is -0.246. The smallest absolute Gasteiger partial charge is 0.321 e. The van der Waals surface area contributed by atoms with Gasteiger partial charge in [-0.1, -0.05) is 26.8 Å². The lowest BCUT2D eigenvalue weighted by Crippen LogP contribution is -2.67. The van der Waals surface area contributed by atoms with Crippen LogP contribution in [0.25, 0.3) is 0 Å². The number of ether oxygens (including phenoxy) is 2. The second kappa shape index (κ2) is 6.11. The maximum Gasteiger partial charge on any atom is 0.321 e. The maximum absolute atomic E-state index is 13.0. The molecule has 6 heteroatoms. The number of fused-ring (bicyclic) bond motifs is 12. The molecule has 1 aliphatic heterocycles. The Bertz CT molecular complexity index is 1040. The Hall–Kier alpha value is -1.40. The quantitative estimate of drug-likeness (QED) is 0.365. The van der Waals surface area contributed by atoms with E-state index in [4.69, 9.17) is 9.47 Å². The van der Waals surface area contributed by atoms with E-state index >= 15 is 0 Å². The summed E-state index contributed by atoms with van der Waals surface area (Å²) in [4.78, 5) is 25.5. The van der Waals surface area contributed by atoms with Crippen molar-refractivity contribution in [2.75, 3.05) is 6.61 Å². The average molecular weight is 471 g/mol. The van der Waals surface area contributed by atoms with Gasteiger partial charge in [-0.05, 0) is 79.1 Å². The maximum atomic E-state index is 13.0. The molecule has 5 saturated carbocycles. The van der Waals surface area contributed by atoms with Crippen LogP contribution in [-0.2, 0) is 19.1 Å². The summed E-state index contributed by atoms with van der Waals surface area (Å²) in [6.45, 7) is 9.02. The van der Waals surface area contributed by atoms with E-state index in [0.29, 0.717) is 36.5 Å². The van der Waals surface area contributed by atoms with E-state index in [-0.39, 0.29) is 28.8 Å². The molecule has 34 heavy (non-hydrogen) atoms. The molecule has 12 atom stereocenters. The molecule has 6 fully saturated rings. The van der Waals surface area contributed by atoms with Gasteiger partial charge in [-0.3, -0.25) is 9.59 Å². The summed E-state index contributed by atoms with van der Waals surface area (Å²) in [6.07, 6.45) is 7.40. The van der Waals surface area contributed by atoms with Crippen molar-refractivity contribution in [1.82, 2.24) is 0 Å². The Morgan fingerprint density at radius 3 is 2.59 bits per heavy atom. The number of hydrogen-bond donors (Lipinski definition) is 2. The summed E-state index contributed by atoms with van der Waals surface area (Å²) in [6, 6.07) is 0. The third-order valence-electron chi connectivity index (χ3n) is 12.5. The van der Waals surface area contributed by atoms with Crippen LogP contribution >= 0.6 is 0 Å². The van der Waals surface area contributed by atoms with Gasteiger partial charge in [0.1, 0.15) is 5.60 Å². The minimum Gasteiger partial charge on any atom is -0.465 e. The van der Waals surface area contributed by atoms with Crippen molar-refractivity contribution in [3.8, 4) is 0 Å². The summed E-state index contributed by atoms with van der Waals surface area (Å²) in [7, 11) is 0. The largest absolute Gasteiger partial charge is 0.465 e. The van der Waals surface area contributed by atoms with Crippen LogP contribution in [-0.4, -0.2) is 46.1 Å². The van der Waals surface area contributed by atoms with Crippen molar-refractivity contribution in [2.45, 2.75) is 89.9 Å². The average Bonchev–Trinajstić information content (AvgIpc) is 3.66. The molecule has 0 aromatic rings. The Morgan fingerprint density at radius 2 is 1.85 bits per heavy atom. The van der Waals surface area contributed by atoms with E-state index in [9.17, 15) is 19.8 Å². The standard InChI is InChI=1S/C28H38O6/c1-5-33-22(30)16-12-28(34-23(16)31)18-10-15(18)20-21-17(7-9-26(20,28)4)25(3)8-6-14(29)11-27(25,32)19-13-24(19,21)2/h10,14-17,19-21,29,32H,5-9,11-13H2,1-4H3/t14-,15+,16?,17?,19+,20?,21?,24?,25+,26-,27+,28-/m0/s1. The van der Waals surface area contributed by atoms with Crippen molar-refractivity contribution >= 4 is 11.9 Å². The summed E-state index contributed by atoms with van der Waals surface area (Å²) >= 11 is 0. The van der Waals surface area contributed by atoms with E-state index in [1.54, 1.807) is 6.92 Å². The monoisotopic (exact) mass is 470 g/mol. The molecule has 0 bridgehead atoms. The second-order valence-corrected chi connectivity index (χ2v) is 13.5. The Labute approximate surface area is 201 Å². The normalized spacial score (nSPS) is 60.2. The number of carbonyl (C=O) groups excluding carboxylic acids is 2. The molecule has 2 N–H and O–H groups in total. The highest BCUT2D eigenvalue weighted by Crippen LogP contribution is 2.84. The van der Waals surface area contributed by atoms with Gasteiger partial charge < -0.3 is 19.7 Å². The van der Waals surface area contributed by atoms with Gasteiger partial charge >= 0.3 is 11.9 Å². The van der Waals surface area contributed by atoms with Crippen LogP contribution in [0.4, 0.5) is 0 Å². The van der Waals surface area contributed by atoms with Crippen molar-refractivity contribution in [2.24, 2.45) is 51.8 Å². The number of hydrogen-bond acceptors (Lipinski definition) is 6. The molecule has 0 aromatic carbocycles. The van der Waals surface area contributed by atoms with E-state index in [1.165, 1.54) is 5.57 Å². The van der Waals surface area contributed by atoms with Crippen molar-refractivity contribution in [1.29, 1.82) is 0 Å². The van der Waals surface area contributed by atoms with Crippen LogP contribution < -0.4 is 0 Å². The Balaban J connectivity index is 1.28. The summed E-state index contributed by atoms with van der Waals surface area (Å²) in [5.74, 6) is 0.0929. The minimum absolute atomic E-state index is 0.0541. The van der Waals surface area contributed by atoms with Crippen molar-refractivity contribution < 1.29 is 29.3 Å². The topological polar surface area (TPSA) is 93.1 Å². The van der Waals surface area contributed by atoms with Crippen LogP contribution in [0.3, 0.4) is 0 Å². The Morgan fingerprint density at radius 1 is 1.12 bits per heavy atom. The van der Waals surface area contributed by atoms with Gasteiger partial charge in [-0.25, -0.2) is 0 Å². The highest BCUT2D eigenvalue weighted by atomic mass is 16.6. The van der Waals surface area contributed by atoms with Crippen LogP contribution in [0.1, 0.15) is 72.6 Å². The number of esters is 2. The van der Waals surface area contributed by atoms with Gasteiger partial charge in [0.05, 0.1) is 18.3 Å². The summed E-state index contributed by atoms with van der Waals surface area (Å²) in [5.41, 5.74) is -0.566. The van der Waals surface area contributed by atoms with E-state index < -0.39 is 35.2 Å². The number of rotatable bonds is 2. The number of aliphatic hydroxyl groups is 2. The van der Waals surface area contributed by atoms with Gasteiger partial charge in [0.2, 0.25) is 0 Å². The number of aliphatic hydroxyl groups excluding tert-OH is 1. The van der Waals surface area contributed by atoms with E-state index in [0.717, 1.165) is 32.1 Å². The molecular weight excluding hydrogens is 432 g/mol. The Kier molecular flexibility index (Phi) is 3.93. The van der Waals surface area contributed by atoms with E-state index in [1.807, 2.05) is 0 Å². The number of allylic oxidation sites excluding steroid dienone is 1. The molecule has 1 spiro atoms. The zero-order valence-electron chi connectivity index (χ0n) is 20.8. The van der Waals surface area contributed by atoms with Crippen LogP contribution in [0.15, 0.2) is 11.6 Å². The predicted molar refractivity (Wildman–Crippen MR) is 122 cm³/mol. The third-order valence-corrected chi connectivity index (χ3v) is 12.5. The van der Waals surface area contributed by atoms with Crippen LogP contribution in [0.5, 0.6) is 0 Å². The SMILES string of the molecule is CCOC(=O)C1C[C@]2(OC1=O)C1=C[C@H]1C1C3C(CC[C@@]12C)[C@@]1(C)CC[C@H](O)C[C@@]1(O)[C@@H]1CC31C. The van der Waals surface area contributed by atoms with E-state index in [2.05, 4.69) is 26.8 Å². The highest BCUT2D eigenvalue weighted by molar-refractivity contribution is 5.97.